The van der Waals surface area contributed by atoms with Crippen molar-refractivity contribution < 1.29 is 14.4 Å². The van der Waals surface area contributed by atoms with E-state index < -0.39 is 0 Å². The molecule has 0 aromatic heterocycles. The lowest BCUT2D eigenvalue weighted by molar-refractivity contribution is -0.131. The van der Waals surface area contributed by atoms with Gasteiger partial charge in [0.05, 0.1) is 6.42 Å². The normalized spacial score (nSPS) is 14.1. The second kappa shape index (κ2) is 8.16. The van der Waals surface area contributed by atoms with E-state index >= 15 is 0 Å². The molecule has 27 heavy (non-hydrogen) atoms. The fourth-order valence-electron chi connectivity index (χ4n) is 3.18. The molecular formula is C22H24N2O3. The minimum absolute atomic E-state index is 0.0188. The van der Waals surface area contributed by atoms with Crippen LogP contribution >= 0.6 is 0 Å². The standard InChI is InChI=1S/C22H24N2O3/c1-16-3-5-18(6-4-16)15-21(26)23-11-13-24(14-12-23)22(27)20-9-7-19(8-10-20)17(2)25/h3-10H,11-15H2,1-2H3. The lowest BCUT2D eigenvalue weighted by atomic mass is 10.1. The maximum Gasteiger partial charge on any atom is 0.253 e. The molecular weight excluding hydrogens is 340 g/mol. The zero-order chi connectivity index (χ0) is 19.4. The summed E-state index contributed by atoms with van der Waals surface area (Å²) in [7, 11) is 0. The monoisotopic (exact) mass is 364 g/mol. The number of Topliss-reactive ketones (excluding diaryl/α,β-unsaturated/α-hetero) is 1. The maximum absolute atomic E-state index is 12.6. The van der Waals surface area contributed by atoms with E-state index in [-0.39, 0.29) is 17.6 Å². The maximum atomic E-state index is 12.6. The van der Waals surface area contributed by atoms with Crippen LogP contribution in [0.5, 0.6) is 0 Å². The molecule has 0 radical (unpaired) electrons. The summed E-state index contributed by atoms with van der Waals surface area (Å²) in [6.45, 7) is 5.66. The molecule has 1 saturated heterocycles. The summed E-state index contributed by atoms with van der Waals surface area (Å²) < 4.78 is 0. The highest BCUT2D eigenvalue weighted by Crippen LogP contribution is 2.12. The van der Waals surface area contributed by atoms with Crippen molar-refractivity contribution in [2.45, 2.75) is 20.3 Å². The number of benzene rings is 2. The van der Waals surface area contributed by atoms with E-state index in [0.29, 0.717) is 43.7 Å². The number of carbonyl (C=O) groups is 3. The van der Waals surface area contributed by atoms with Crippen molar-refractivity contribution in [3.8, 4) is 0 Å². The molecule has 3 rings (SSSR count). The Bertz CT molecular complexity index is 833. The van der Waals surface area contributed by atoms with E-state index in [9.17, 15) is 14.4 Å². The summed E-state index contributed by atoms with van der Waals surface area (Å²) in [5.74, 6) is 0.0159. The first kappa shape index (κ1) is 18.8. The SMILES string of the molecule is CC(=O)c1ccc(C(=O)N2CCN(C(=O)Cc3ccc(C)cc3)CC2)cc1. The van der Waals surface area contributed by atoms with Crippen LogP contribution in [-0.2, 0) is 11.2 Å². The fraction of sp³-hybridized carbons (Fsp3) is 0.318. The molecule has 0 saturated carbocycles. The van der Waals surface area contributed by atoms with Gasteiger partial charge in [-0.1, -0.05) is 42.0 Å². The van der Waals surface area contributed by atoms with Gasteiger partial charge >= 0.3 is 0 Å². The molecule has 1 fully saturated rings. The Morgan fingerprint density at radius 2 is 1.30 bits per heavy atom. The molecule has 0 bridgehead atoms. The highest BCUT2D eigenvalue weighted by Gasteiger charge is 2.24. The number of hydrogen-bond acceptors (Lipinski definition) is 3. The summed E-state index contributed by atoms with van der Waals surface area (Å²) >= 11 is 0. The van der Waals surface area contributed by atoms with E-state index in [2.05, 4.69) is 0 Å². The van der Waals surface area contributed by atoms with Gasteiger partial charge in [-0.2, -0.15) is 0 Å². The zero-order valence-corrected chi connectivity index (χ0v) is 15.8. The number of amides is 2. The van der Waals surface area contributed by atoms with Crippen LogP contribution in [0.4, 0.5) is 0 Å². The third-order valence-corrected chi connectivity index (χ3v) is 4.93. The number of carbonyl (C=O) groups excluding carboxylic acids is 3. The number of piperazine rings is 1. The highest BCUT2D eigenvalue weighted by atomic mass is 16.2. The second-order valence-corrected chi connectivity index (χ2v) is 6.97. The minimum atomic E-state index is -0.0595. The van der Waals surface area contributed by atoms with Crippen LogP contribution in [0.1, 0.15) is 38.8 Å². The van der Waals surface area contributed by atoms with Crippen molar-refractivity contribution in [2.75, 3.05) is 26.2 Å². The Balaban J connectivity index is 1.54. The number of nitrogens with zero attached hydrogens (tertiary/aromatic N) is 2. The van der Waals surface area contributed by atoms with Gasteiger partial charge in [0.2, 0.25) is 5.91 Å². The van der Waals surface area contributed by atoms with Crippen LogP contribution < -0.4 is 0 Å². The van der Waals surface area contributed by atoms with Crippen molar-refractivity contribution in [2.24, 2.45) is 0 Å². The van der Waals surface area contributed by atoms with Gasteiger partial charge in [-0.25, -0.2) is 0 Å². The third kappa shape index (κ3) is 4.61. The summed E-state index contributed by atoms with van der Waals surface area (Å²) in [6, 6.07) is 14.7. The Labute approximate surface area is 159 Å². The molecule has 1 aliphatic heterocycles. The van der Waals surface area contributed by atoms with Gasteiger partial charge in [0.15, 0.2) is 5.78 Å². The van der Waals surface area contributed by atoms with Crippen LogP contribution in [-0.4, -0.2) is 53.6 Å². The first-order chi connectivity index (χ1) is 12.9. The summed E-state index contributed by atoms with van der Waals surface area (Å²) in [6.07, 6.45) is 0.390. The van der Waals surface area contributed by atoms with Gasteiger partial charge in [0, 0.05) is 37.3 Å². The first-order valence-electron chi connectivity index (χ1n) is 9.17. The topological polar surface area (TPSA) is 57.7 Å². The van der Waals surface area contributed by atoms with Crippen LogP contribution in [0.3, 0.4) is 0 Å². The van der Waals surface area contributed by atoms with Gasteiger partial charge < -0.3 is 9.80 Å². The summed E-state index contributed by atoms with van der Waals surface area (Å²) in [4.78, 5) is 40.0. The molecule has 5 heteroatoms. The van der Waals surface area contributed by atoms with Gasteiger partial charge in [0.25, 0.3) is 5.91 Å². The van der Waals surface area contributed by atoms with Crippen molar-refractivity contribution in [3.63, 3.8) is 0 Å². The van der Waals surface area contributed by atoms with Crippen LogP contribution in [0.2, 0.25) is 0 Å². The molecule has 0 spiro atoms. The fourth-order valence-corrected chi connectivity index (χ4v) is 3.18. The van der Waals surface area contributed by atoms with E-state index in [1.165, 1.54) is 12.5 Å². The van der Waals surface area contributed by atoms with Gasteiger partial charge in [-0.05, 0) is 31.5 Å². The molecule has 2 amide bonds. The molecule has 0 unspecified atom stereocenters. The number of aryl methyl sites for hydroxylation is 1. The van der Waals surface area contributed by atoms with Gasteiger partial charge in [-0.3, -0.25) is 14.4 Å². The number of rotatable bonds is 4. The predicted molar refractivity (Wildman–Crippen MR) is 104 cm³/mol. The largest absolute Gasteiger partial charge is 0.339 e. The molecule has 1 aliphatic rings. The molecule has 0 aliphatic carbocycles. The number of ketones is 1. The Morgan fingerprint density at radius 3 is 1.85 bits per heavy atom. The van der Waals surface area contributed by atoms with Crippen LogP contribution in [0.25, 0.3) is 0 Å². The van der Waals surface area contributed by atoms with Crippen LogP contribution in [0, 0.1) is 6.92 Å². The number of hydrogen-bond donors (Lipinski definition) is 0. The first-order valence-corrected chi connectivity index (χ1v) is 9.17. The van der Waals surface area contributed by atoms with Crippen molar-refractivity contribution in [1.29, 1.82) is 0 Å². The zero-order valence-electron chi connectivity index (χ0n) is 15.8. The molecule has 5 nitrogen and oxygen atoms in total. The van der Waals surface area contributed by atoms with E-state index in [1.807, 2.05) is 36.1 Å². The molecule has 140 valence electrons. The third-order valence-electron chi connectivity index (χ3n) is 4.93. The average molecular weight is 364 g/mol. The summed E-state index contributed by atoms with van der Waals surface area (Å²) in [5.41, 5.74) is 3.35. The van der Waals surface area contributed by atoms with Crippen LogP contribution in [0.15, 0.2) is 48.5 Å². The van der Waals surface area contributed by atoms with Gasteiger partial charge in [-0.15, -0.1) is 0 Å². The Hall–Kier alpha value is -2.95. The average Bonchev–Trinajstić information content (AvgIpc) is 2.69. The van der Waals surface area contributed by atoms with E-state index in [1.54, 1.807) is 29.2 Å². The van der Waals surface area contributed by atoms with Crippen molar-refractivity contribution >= 4 is 17.6 Å². The lowest BCUT2D eigenvalue weighted by Crippen LogP contribution is -2.51. The molecule has 0 atom stereocenters. The quantitative estimate of drug-likeness (QED) is 0.784. The van der Waals surface area contributed by atoms with E-state index in [0.717, 1.165) is 5.56 Å². The second-order valence-electron chi connectivity index (χ2n) is 6.97. The molecule has 2 aromatic carbocycles. The van der Waals surface area contributed by atoms with Gasteiger partial charge in [0.1, 0.15) is 0 Å². The Morgan fingerprint density at radius 1 is 0.778 bits per heavy atom. The lowest BCUT2D eigenvalue weighted by Gasteiger charge is -2.35. The summed E-state index contributed by atoms with van der Waals surface area (Å²) in [5, 5.41) is 0. The Kier molecular flexibility index (Phi) is 5.69. The van der Waals surface area contributed by atoms with E-state index in [4.69, 9.17) is 0 Å². The van der Waals surface area contributed by atoms with Crippen molar-refractivity contribution in [3.05, 3.63) is 70.8 Å². The molecule has 0 N–H and O–H groups in total. The predicted octanol–water partition coefficient (Wildman–Crippen LogP) is 2.72. The highest BCUT2D eigenvalue weighted by molar-refractivity contribution is 5.97. The molecule has 1 heterocycles. The minimum Gasteiger partial charge on any atom is -0.339 e. The molecule has 2 aromatic rings. The smallest absolute Gasteiger partial charge is 0.253 e. The van der Waals surface area contributed by atoms with Crippen molar-refractivity contribution in [1.82, 2.24) is 9.80 Å².